The average Bonchev–Trinajstić information content (AvgIpc) is 2.76. The summed E-state index contributed by atoms with van der Waals surface area (Å²) in [7, 11) is 0. The molecule has 1 aliphatic carbocycles. The number of thiophene rings is 1. The second kappa shape index (κ2) is 4.89. The lowest BCUT2D eigenvalue weighted by Gasteiger charge is -2.21. The Morgan fingerprint density at radius 1 is 1.56 bits per heavy atom. The van der Waals surface area contributed by atoms with E-state index in [0.717, 1.165) is 6.04 Å². The standard InChI is InChI=1S/C14H23NS/c1-11(8-12-5-7-16-10-12)15-13-4-6-14(2,3)9-13/h5,7,10-11,13,15H,4,6,8-9H2,1-3H3. The Hall–Kier alpha value is -0.340. The van der Waals surface area contributed by atoms with Gasteiger partial charge in [0.1, 0.15) is 0 Å². The fourth-order valence-electron chi connectivity index (χ4n) is 2.80. The van der Waals surface area contributed by atoms with E-state index in [2.05, 4.69) is 42.9 Å². The molecule has 1 aromatic heterocycles. The lowest BCUT2D eigenvalue weighted by Crippen LogP contribution is -2.36. The van der Waals surface area contributed by atoms with Gasteiger partial charge in [-0.15, -0.1) is 0 Å². The summed E-state index contributed by atoms with van der Waals surface area (Å²) >= 11 is 1.80. The molecular weight excluding hydrogens is 214 g/mol. The van der Waals surface area contributed by atoms with Crippen LogP contribution in [0.1, 0.15) is 45.6 Å². The summed E-state index contributed by atoms with van der Waals surface area (Å²) in [6.45, 7) is 7.08. The minimum Gasteiger partial charge on any atom is -0.311 e. The van der Waals surface area contributed by atoms with Crippen molar-refractivity contribution >= 4 is 11.3 Å². The first-order chi connectivity index (χ1) is 7.55. The molecule has 1 aliphatic rings. The van der Waals surface area contributed by atoms with Crippen LogP contribution < -0.4 is 5.32 Å². The summed E-state index contributed by atoms with van der Waals surface area (Å²) in [4.78, 5) is 0. The monoisotopic (exact) mass is 237 g/mol. The predicted molar refractivity (Wildman–Crippen MR) is 72.0 cm³/mol. The quantitative estimate of drug-likeness (QED) is 0.839. The van der Waals surface area contributed by atoms with Gasteiger partial charge >= 0.3 is 0 Å². The van der Waals surface area contributed by atoms with Crippen molar-refractivity contribution in [2.45, 2.75) is 58.5 Å². The molecular formula is C14H23NS. The Labute approximate surface area is 103 Å². The topological polar surface area (TPSA) is 12.0 Å². The van der Waals surface area contributed by atoms with Gasteiger partial charge in [0.05, 0.1) is 0 Å². The van der Waals surface area contributed by atoms with Crippen molar-refractivity contribution in [3.63, 3.8) is 0 Å². The maximum Gasteiger partial charge on any atom is 0.00820 e. The summed E-state index contributed by atoms with van der Waals surface area (Å²) in [5.74, 6) is 0. The molecule has 1 N–H and O–H groups in total. The third-order valence-corrected chi connectivity index (χ3v) is 4.34. The minimum absolute atomic E-state index is 0.555. The normalized spacial score (nSPS) is 25.8. The lowest BCUT2D eigenvalue weighted by molar-refractivity contribution is 0.354. The Kier molecular flexibility index (Phi) is 3.70. The SMILES string of the molecule is CC(Cc1ccsc1)NC1CCC(C)(C)C1. The third-order valence-electron chi connectivity index (χ3n) is 3.61. The summed E-state index contributed by atoms with van der Waals surface area (Å²) in [6.07, 6.45) is 5.22. The molecule has 1 fully saturated rings. The summed E-state index contributed by atoms with van der Waals surface area (Å²) in [6, 6.07) is 3.58. The molecule has 0 aliphatic heterocycles. The molecule has 1 nitrogen and oxygen atoms in total. The van der Waals surface area contributed by atoms with Gasteiger partial charge in [-0.05, 0) is 60.4 Å². The van der Waals surface area contributed by atoms with Crippen LogP contribution in [0.15, 0.2) is 16.8 Å². The van der Waals surface area contributed by atoms with Crippen molar-refractivity contribution in [3.8, 4) is 0 Å². The maximum atomic E-state index is 3.78. The molecule has 0 radical (unpaired) electrons. The molecule has 2 heteroatoms. The van der Waals surface area contributed by atoms with E-state index in [0.29, 0.717) is 11.5 Å². The van der Waals surface area contributed by atoms with Crippen molar-refractivity contribution < 1.29 is 0 Å². The Bertz CT molecular complexity index is 315. The van der Waals surface area contributed by atoms with Crippen molar-refractivity contribution in [1.29, 1.82) is 0 Å². The highest BCUT2D eigenvalue weighted by Crippen LogP contribution is 2.37. The van der Waals surface area contributed by atoms with E-state index >= 15 is 0 Å². The van der Waals surface area contributed by atoms with Crippen LogP contribution in [0.2, 0.25) is 0 Å². The van der Waals surface area contributed by atoms with Crippen molar-refractivity contribution in [1.82, 2.24) is 5.32 Å². The molecule has 1 heterocycles. The Balaban J connectivity index is 1.78. The lowest BCUT2D eigenvalue weighted by atomic mass is 9.92. The molecule has 0 amide bonds. The first-order valence-electron chi connectivity index (χ1n) is 6.32. The van der Waals surface area contributed by atoms with E-state index in [-0.39, 0.29) is 0 Å². The molecule has 1 saturated carbocycles. The maximum absolute atomic E-state index is 3.78. The van der Waals surface area contributed by atoms with E-state index in [1.165, 1.54) is 31.2 Å². The van der Waals surface area contributed by atoms with Crippen LogP contribution in [0.5, 0.6) is 0 Å². The van der Waals surface area contributed by atoms with E-state index in [1.54, 1.807) is 11.3 Å². The van der Waals surface area contributed by atoms with Crippen LogP contribution >= 0.6 is 11.3 Å². The number of rotatable bonds is 4. The number of nitrogens with one attached hydrogen (secondary N) is 1. The van der Waals surface area contributed by atoms with E-state index in [9.17, 15) is 0 Å². The van der Waals surface area contributed by atoms with Gasteiger partial charge in [-0.25, -0.2) is 0 Å². The highest BCUT2D eigenvalue weighted by Gasteiger charge is 2.31. The van der Waals surface area contributed by atoms with Crippen molar-refractivity contribution in [3.05, 3.63) is 22.4 Å². The van der Waals surface area contributed by atoms with Crippen molar-refractivity contribution in [2.24, 2.45) is 5.41 Å². The Morgan fingerprint density at radius 2 is 2.38 bits per heavy atom. The first-order valence-corrected chi connectivity index (χ1v) is 7.27. The largest absolute Gasteiger partial charge is 0.311 e. The van der Waals surface area contributed by atoms with Crippen LogP contribution in [0, 0.1) is 5.41 Å². The van der Waals surface area contributed by atoms with Crippen LogP contribution in [0.3, 0.4) is 0 Å². The highest BCUT2D eigenvalue weighted by atomic mass is 32.1. The van der Waals surface area contributed by atoms with Gasteiger partial charge < -0.3 is 5.32 Å². The van der Waals surface area contributed by atoms with Crippen LogP contribution in [-0.4, -0.2) is 12.1 Å². The van der Waals surface area contributed by atoms with Crippen LogP contribution in [-0.2, 0) is 6.42 Å². The number of hydrogen-bond acceptors (Lipinski definition) is 2. The van der Waals surface area contributed by atoms with Crippen LogP contribution in [0.25, 0.3) is 0 Å². The van der Waals surface area contributed by atoms with Crippen molar-refractivity contribution in [2.75, 3.05) is 0 Å². The Morgan fingerprint density at radius 3 is 2.94 bits per heavy atom. The average molecular weight is 237 g/mol. The van der Waals surface area contributed by atoms with Gasteiger partial charge in [0.2, 0.25) is 0 Å². The minimum atomic E-state index is 0.555. The molecule has 2 atom stereocenters. The van der Waals surface area contributed by atoms with Gasteiger partial charge in [0, 0.05) is 12.1 Å². The third kappa shape index (κ3) is 3.33. The highest BCUT2D eigenvalue weighted by molar-refractivity contribution is 7.07. The molecule has 2 rings (SSSR count). The zero-order valence-corrected chi connectivity index (χ0v) is 11.4. The summed E-state index contributed by atoms with van der Waals surface area (Å²) < 4.78 is 0. The number of hydrogen-bond donors (Lipinski definition) is 1. The fraction of sp³-hybridized carbons (Fsp3) is 0.714. The zero-order valence-electron chi connectivity index (χ0n) is 10.6. The summed E-state index contributed by atoms with van der Waals surface area (Å²) in [5, 5.41) is 8.21. The zero-order chi connectivity index (χ0) is 11.6. The van der Waals surface area contributed by atoms with E-state index in [1.807, 2.05) is 0 Å². The van der Waals surface area contributed by atoms with Gasteiger partial charge in [-0.1, -0.05) is 13.8 Å². The van der Waals surface area contributed by atoms with Crippen LogP contribution in [0.4, 0.5) is 0 Å². The molecule has 16 heavy (non-hydrogen) atoms. The molecule has 1 aromatic rings. The van der Waals surface area contributed by atoms with Gasteiger partial charge in [-0.2, -0.15) is 11.3 Å². The second-order valence-corrected chi connectivity index (χ2v) is 6.79. The molecule has 0 spiro atoms. The molecule has 0 aromatic carbocycles. The molecule has 0 saturated heterocycles. The smallest absolute Gasteiger partial charge is 0.00820 e. The van der Waals surface area contributed by atoms with E-state index in [4.69, 9.17) is 0 Å². The van der Waals surface area contributed by atoms with E-state index < -0.39 is 0 Å². The fourth-order valence-corrected chi connectivity index (χ4v) is 3.48. The second-order valence-electron chi connectivity index (χ2n) is 6.01. The molecule has 90 valence electrons. The van der Waals surface area contributed by atoms with Gasteiger partial charge in [0.15, 0.2) is 0 Å². The van der Waals surface area contributed by atoms with Gasteiger partial charge in [-0.3, -0.25) is 0 Å². The van der Waals surface area contributed by atoms with Gasteiger partial charge in [0.25, 0.3) is 0 Å². The summed E-state index contributed by atoms with van der Waals surface area (Å²) in [5.41, 5.74) is 2.03. The predicted octanol–water partition coefficient (Wildman–Crippen LogP) is 3.85. The molecule has 0 bridgehead atoms. The molecule has 2 unspecified atom stereocenters. The first kappa shape index (κ1) is 12.1.